The number of rotatable bonds is 5. The van der Waals surface area contributed by atoms with Crippen LogP contribution in [0.5, 0.6) is 0 Å². The Bertz CT molecular complexity index is 323. The van der Waals surface area contributed by atoms with Crippen molar-refractivity contribution in [3.8, 4) is 0 Å². The van der Waals surface area contributed by atoms with Gasteiger partial charge in [-0.15, -0.1) is 0 Å². The van der Waals surface area contributed by atoms with Gasteiger partial charge in [0, 0.05) is 7.05 Å². The summed E-state index contributed by atoms with van der Waals surface area (Å²) < 4.78 is 1.80. The molecule has 0 saturated heterocycles. The summed E-state index contributed by atoms with van der Waals surface area (Å²) in [5.74, 6) is 0. The van der Waals surface area contributed by atoms with E-state index in [0.29, 0.717) is 0 Å². The number of halogens is 1. The molecule has 0 saturated carbocycles. The Labute approximate surface area is 96.1 Å². The molecule has 1 heterocycles. The Morgan fingerprint density at radius 1 is 1.47 bits per heavy atom. The van der Waals surface area contributed by atoms with Gasteiger partial charge in [0.15, 0.2) is 0 Å². The van der Waals surface area contributed by atoms with Gasteiger partial charge in [-0.1, -0.05) is 24.9 Å². The fourth-order valence-electron chi connectivity index (χ4n) is 1.73. The second-order valence-corrected chi connectivity index (χ2v) is 4.33. The van der Waals surface area contributed by atoms with Gasteiger partial charge in [-0.3, -0.25) is 4.68 Å². The SMILES string of the molecule is CCCC(O)CCc1c(Cl)c(C)nn1C. The third kappa shape index (κ3) is 3.21. The number of aromatic nitrogens is 2. The number of aliphatic hydroxyl groups is 1. The van der Waals surface area contributed by atoms with Crippen LogP contribution in [0.1, 0.15) is 37.6 Å². The van der Waals surface area contributed by atoms with Gasteiger partial charge in [-0.25, -0.2) is 0 Å². The van der Waals surface area contributed by atoms with Crippen LogP contribution in [-0.2, 0) is 13.5 Å². The fourth-order valence-corrected chi connectivity index (χ4v) is 1.99. The minimum absolute atomic E-state index is 0.221. The standard InChI is InChI=1S/C11H19ClN2O/c1-4-5-9(15)6-7-10-11(12)8(2)13-14(10)3/h9,15H,4-7H2,1-3H3. The highest BCUT2D eigenvalue weighted by atomic mass is 35.5. The third-order valence-electron chi connectivity index (χ3n) is 2.60. The van der Waals surface area contributed by atoms with Crippen molar-refractivity contribution in [2.75, 3.05) is 0 Å². The van der Waals surface area contributed by atoms with Crippen LogP contribution in [0.25, 0.3) is 0 Å². The predicted molar refractivity (Wildman–Crippen MR) is 62.2 cm³/mol. The highest BCUT2D eigenvalue weighted by Gasteiger charge is 2.12. The topological polar surface area (TPSA) is 38.1 Å². The molecule has 0 amide bonds. The van der Waals surface area contributed by atoms with E-state index in [-0.39, 0.29) is 6.10 Å². The lowest BCUT2D eigenvalue weighted by molar-refractivity contribution is 0.153. The zero-order chi connectivity index (χ0) is 11.4. The monoisotopic (exact) mass is 230 g/mol. The van der Waals surface area contributed by atoms with Crippen molar-refractivity contribution >= 4 is 11.6 Å². The molecule has 1 N–H and O–H groups in total. The first-order chi connectivity index (χ1) is 7.06. The number of aliphatic hydroxyl groups excluding tert-OH is 1. The molecular weight excluding hydrogens is 212 g/mol. The van der Waals surface area contributed by atoms with Crippen LogP contribution in [-0.4, -0.2) is 21.0 Å². The molecule has 0 spiro atoms. The molecule has 15 heavy (non-hydrogen) atoms. The minimum Gasteiger partial charge on any atom is -0.393 e. The van der Waals surface area contributed by atoms with Crippen LogP contribution in [0.2, 0.25) is 5.02 Å². The minimum atomic E-state index is -0.221. The van der Waals surface area contributed by atoms with Gasteiger partial charge in [0.1, 0.15) is 0 Å². The largest absolute Gasteiger partial charge is 0.393 e. The van der Waals surface area contributed by atoms with Gasteiger partial charge in [-0.2, -0.15) is 5.10 Å². The highest BCUT2D eigenvalue weighted by molar-refractivity contribution is 6.31. The van der Waals surface area contributed by atoms with Gasteiger partial charge < -0.3 is 5.11 Å². The normalized spacial score (nSPS) is 13.1. The van der Waals surface area contributed by atoms with Crippen LogP contribution in [0.4, 0.5) is 0 Å². The summed E-state index contributed by atoms with van der Waals surface area (Å²) in [6.07, 6.45) is 3.19. The summed E-state index contributed by atoms with van der Waals surface area (Å²) >= 11 is 6.11. The Morgan fingerprint density at radius 3 is 2.60 bits per heavy atom. The molecule has 3 nitrogen and oxygen atoms in total. The molecule has 0 radical (unpaired) electrons. The molecule has 1 aromatic heterocycles. The summed E-state index contributed by atoms with van der Waals surface area (Å²) in [4.78, 5) is 0. The maximum atomic E-state index is 9.63. The zero-order valence-corrected chi connectivity index (χ0v) is 10.4. The summed E-state index contributed by atoms with van der Waals surface area (Å²) in [5.41, 5.74) is 1.88. The number of hydrogen-bond donors (Lipinski definition) is 1. The summed E-state index contributed by atoms with van der Waals surface area (Å²) in [5, 5.41) is 14.6. The van der Waals surface area contributed by atoms with Gasteiger partial charge >= 0.3 is 0 Å². The summed E-state index contributed by atoms with van der Waals surface area (Å²) in [7, 11) is 1.89. The second kappa shape index (κ2) is 5.52. The van der Waals surface area contributed by atoms with E-state index in [9.17, 15) is 5.11 Å². The zero-order valence-electron chi connectivity index (χ0n) is 9.63. The maximum absolute atomic E-state index is 9.63. The summed E-state index contributed by atoms with van der Waals surface area (Å²) in [6, 6.07) is 0. The molecule has 0 aromatic carbocycles. The lowest BCUT2D eigenvalue weighted by Gasteiger charge is -2.09. The predicted octanol–water partition coefficient (Wildman–Crippen LogP) is 2.48. The molecule has 1 unspecified atom stereocenters. The van der Waals surface area contributed by atoms with Crippen LogP contribution >= 0.6 is 11.6 Å². The maximum Gasteiger partial charge on any atom is 0.0846 e. The number of aryl methyl sites for hydroxylation is 2. The molecule has 1 aromatic rings. The van der Waals surface area contributed by atoms with E-state index in [1.54, 1.807) is 4.68 Å². The van der Waals surface area contributed by atoms with E-state index >= 15 is 0 Å². The van der Waals surface area contributed by atoms with Crippen LogP contribution in [0.3, 0.4) is 0 Å². The first-order valence-electron chi connectivity index (χ1n) is 5.42. The molecule has 0 aliphatic rings. The fraction of sp³-hybridized carbons (Fsp3) is 0.727. The molecule has 0 aliphatic carbocycles. The van der Waals surface area contributed by atoms with Crippen molar-refractivity contribution in [3.63, 3.8) is 0 Å². The van der Waals surface area contributed by atoms with Crippen LogP contribution in [0, 0.1) is 6.92 Å². The van der Waals surface area contributed by atoms with Crippen molar-refractivity contribution in [2.24, 2.45) is 7.05 Å². The lowest BCUT2D eigenvalue weighted by atomic mass is 10.1. The molecular formula is C11H19ClN2O. The van der Waals surface area contributed by atoms with E-state index in [4.69, 9.17) is 11.6 Å². The van der Waals surface area contributed by atoms with Crippen molar-refractivity contribution < 1.29 is 5.11 Å². The van der Waals surface area contributed by atoms with E-state index in [2.05, 4.69) is 12.0 Å². The summed E-state index contributed by atoms with van der Waals surface area (Å²) in [6.45, 7) is 3.97. The third-order valence-corrected chi connectivity index (χ3v) is 3.09. The molecule has 1 rings (SSSR count). The average Bonchev–Trinajstić information content (AvgIpc) is 2.40. The van der Waals surface area contributed by atoms with Crippen molar-refractivity contribution in [2.45, 2.75) is 45.6 Å². The van der Waals surface area contributed by atoms with Gasteiger partial charge in [0.2, 0.25) is 0 Å². The highest BCUT2D eigenvalue weighted by Crippen LogP contribution is 2.21. The second-order valence-electron chi connectivity index (χ2n) is 3.95. The Hall–Kier alpha value is -0.540. The van der Waals surface area contributed by atoms with Crippen molar-refractivity contribution in [1.29, 1.82) is 0 Å². The van der Waals surface area contributed by atoms with Gasteiger partial charge in [-0.05, 0) is 26.2 Å². The smallest absolute Gasteiger partial charge is 0.0846 e. The molecule has 4 heteroatoms. The molecule has 86 valence electrons. The molecule has 0 fully saturated rings. The van der Waals surface area contributed by atoms with Gasteiger partial charge in [0.05, 0.1) is 22.5 Å². The van der Waals surface area contributed by atoms with E-state index in [1.165, 1.54) is 0 Å². The van der Waals surface area contributed by atoms with E-state index in [0.717, 1.165) is 42.1 Å². The molecule has 1 atom stereocenters. The van der Waals surface area contributed by atoms with Crippen LogP contribution in [0.15, 0.2) is 0 Å². The average molecular weight is 231 g/mol. The Kier molecular flexibility index (Phi) is 4.61. The van der Waals surface area contributed by atoms with Crippen LogP contribution < -0.4 is 0 Å². The van der Waals surface area contributed by atoms with E-state index in [1.807, 2.05) is 14.0 Å². The number of nitrogens with zero attached hydrogens (tertiary/aromatic N) is 2. The Balaban J connectivity index is 2.57. The first kappa shape index (κ1) is 12.5. The van der Waals surface area contributed by atoms with Gasteiger partial charge in [0.25, 0.3) is 0 Å². The number of hydrogen-bond acceptors (Lipinski definition) is 2. The molecule has 0 aliphatic heterocycles. The van der Waals surface area contributed by atoms with Crippen molar-refractivity contribution in [1.82, 2.24) is 9.78 Å². The lowest BCUT2D eigenvalue weighted by Crippen LogP contribution is -2.09. The van der Waals surface area contributed by atoms with Crippen molar-refractivity contribution in [3.05, 3.63) is 16.4 Å². The quantitative estimate of drug-likeness (QED) is 0.844. The van der Waals surface area contributed by atoms with E-state index < -0.39 is 0 Å². The Morgan fingerprint density at radius 2 is 2.13 bits per heavy atom. The molecule has 0 bridgehead atoms. The first-order valence-corrected chi connectivity index (χ1v) is 5.80.